The van der Waals surface area contributed by atoms with E-state index in [9.17, 15) is 9.59 Å². The van der Waals surface area contributed by atoms with Crippen molar-refractivity contribution in [2.75, 3.05) is 18.5 Å². The van der Waals surface area contributed by atoms with Crippen molar-refractivity contribution < 1.29 is 14.3 Å². The quantitative estimate of drug-likeness (QED) is 0.792. The minimum Gasteiger partial charge on any atom is -0.484 e. The molecular weight excluding hydrogens is 318 g/mol. The fourth-order valence-electron chi connectivity index (χ4n) is 2.78. The number of primary amides is 1. The molecule has 0 saturated carbocycles. The summed E-state index contributed by atoms with van der Waals surface area (Å²) in [4.78, 5) is 25.3. The lowest BCUT2D eigenvalue weighted by Gasteiger charge is -2.37. The van der Waals surface area contributed by atoms with Gasteiger partial charge in [0.15, 0.2) is 6.61 Å². The molecule has 0 saturated heterocycles. The zero-order valence-corrected chi connectivity index (χ0v) is 13.6. The Morgan fingerprint density at radius 3 is 2.64 bits per heavy atom. The SMILES string of the molecule is C=CCN1C(=O)c2ccccc2NC1c1ccc(OCC(N)=O)cc1. The second-order valence-electron chi connectivity index (χ2n) is 5.66. The van der Waals surface area contributed by atoms with E-state index in [0.29, 0.717) is 17.9 Å². The second-order valence-corrected chi connectivity index (χ2v) is 5.66. The predicted molar refractivity (Wildman–Crippen MR) is 95.2 cm³/mol. The van der Waals surface area contributed by atoms with Crippen molar-refractivity contribution in [2.24, 2.45) is 5.73 Å². The van der Waals surface area contributed by atoms with Crippen LogP contribution in [0.1, 0.15) is 22.1 Å². The number of hydrogen-bond donors (Lipinski definition) is 2. The number of benzene rings is 2. The first kappa shape index (κ1) is 16.6. The van der Waals surface area contributed by atoms with Gasteiger partial charge in [-0.3, -0.25) is 9.59 Å². The molecule has 0 aromatic heterocycles. The summed E-state index contributed by atoms with van der Waals surface area (Å²) in [6.07, 6.45) is 1.38. The number of fused-ring (bicyclic) bond motifs is 1. The van der Waals surface area contributed by atoms with E-state index in [4.69, 9.17) is 10.5 Å². The number of para-hydroxylation sites is 1. The van der Waals surface area contributed by atoms with Gasteiger partial charge >= 0.3 is 0 Å². The van der Waals surface area contributed by atoms with E-state index in [1.54, 1.807) is 29.2 Å². The molecule has 25 heavy (non-hydrogen) atoms. The Labute approximate surface area is 145 Å². The molecule has 1 atom stereocenters. The van der Waals surface area contributed by atoms with Crippen molar-refractivity contribution in [1.82, 2.24) is 4.90 Å². The Morgan fingerprint density at radius 2 is 1.96 bits per heavy atom. The first-order chi connectivity index (χ1) is 12.1. The molecule has 0 spiro atoms. The molecule has 1 aliphatic rings. The van der Waals surface area contributed by atoms with E-state index >= 15 is 0 Å². The van der Waals surface area contributed by atoms with E-state index in [-0.39, 0.29) is 18.7 Å². The van der Waals surface area contributed by atoms with Gasteiger partial charge in [-0.1, -0.05) is 30.3 Å². The highest BCUT2D eigenvalue weighted by Gasteiger charge is 2.31. The molecule has 1 unspecified atom stereocenters. The van der Waals surface area contributed by atoms with E-state index in [1.165, 1.54) is 0 Å². The maximum absolute atomic E-state index is 12.8. The minimum absolute atomic E-state index is 0.0479. The van der Waals surface area contributed by atoms with Gasteiger partial charge in [-0.2, -0.15) is 0 Å². The molecule has 0 bridgehead atoms. The highest BCUT2D eigenvalue weighted by molar-refractivity contribution is 6.01. The molecule has 0 radical (unpaired) electrons. The average molecular weight is 337 g/mol. The van der Waals surface area contributed by atoms with Crippen molar-refractivity contribution in [2.45, 2.75) is 6.17 Å². The molecule has 2 amide bonds. The van der Waals surface area contributed by atoms with Crippen LogP contribution in [0.15, 0.2) is 61.2 Å². The lowest BCUT2D eigenvalue weighted by molar-refractivity contribution is -0.119. The van der Waals surface area contributed by atoms with Crippen LogP contribution >= 0.6 is 0 Å². The Balaban J connectivity index is 1.88. The van der Waals surface area contributed by atoms with E-state index in [1.807, 2.05) is 30.3 Å². The molecule has 128 valence electrons. The summed E-state index contributed by atoms with van der Waals surface area (Å²) in [6.45, 7) is 3.99. The number of anilines is 1. The molecular formula is C19H19N3O3. The normalized spacial score (nSPS) is 15.9. The van der Waals surface area contributed by atoms with Gasteiger partial charge in [0, 0.05) is 12.2 Å². The molecule has 6 heteroatoms. The number of nitrogens with zero attached hydrogens (tertiary/aromatic N) is 1. The van der Waals surface area contributed by atoms with Gasteiger partial charge in [0.05, 0.1) is 5.56 Å². The molecule has 2 aromatic rings. The fraction of sp³-hybridized carbons (Fsp3) is 0.158. The van der Waals surface area contributed by atoms with Gasteiger partial charge < -0.3 is 20.7 Å². The van der Waals surface area contributed by atoms with Crippen LogP contribution < -0.4 is 15.8 Å². The molecule has 1 heterocycles. The summed E-state index contributed by atoms with van der Waals surface area (Å²) < 4.78 is 5.27. The van der Waals surface area contributed by atoms with Crippen LogP contribution in [0.25, 0.3) is 0 Å². The van der Waals surface area contributed by atoms with Crippen molar-refractivity contribution in [3.8, 4) is 5.75 Å². The lowest BCUT2D eigenvalue weighted by atomic mass is 10.0. The lowest BCUT2D eigenvalue weighted by Crippen LogP contribution is -2.42. The van der Waals surface area contributed by atoms with Crippen LogP contribution in [0, 0.1) is 0 Å². The molecule has 1 aliphatic heterocycles. The third kappa shape index (κ3) is 3.47. The van der Waals surface area contributed by atoms with Crippen molar-refractivity contribution in [3.63, 3.8) is 0 Å². The Morgan fingerprint density at radius 1 is 1.24 bits per heavy atom. The van der Waals surface area contributed by atoms with E-state index < -0.39 is 5.91 Å². The number of carbonyl (C=O) groups excluding carboxylic acids is 2. The first-order valence-corrected chi connectivity index (χ1v) is 7.88. The first-order valence-electron chi connectivity index (χ1n) is 7.88. The Bertz CT molecular complexity index is 802. The summed E-state index contributed by atoms with van der Waals surface area (Å²) in [6, 6.07) is 14.6. The smallest absolute Gasteiger partial charge is 0.258 e. The Hall–Kier alpha value is -3.28. The average Bonchev–Trinajstić information content (AvgIpc) is 2.63. The third-order valence-corrected chi connectivity index (χ3v) is 3.92. The zero-order valence-electron chi connectivity index (χ0n) is 13.6. The number of hydrogen-bond acceptors (Lipinski definition) is 4. The van der Waals surface area contributed by atoms with Crippen LogP contribution in [-0.2, 0) is 4.79 Å². The number of amides is 2. The number of nitrogens with one attached hydrogen (secondary N) is 1. The highest BCUT2D eigenvalue weighted by atomic mass is 16.5. The van der Waals surface area contributed by atoms with Crippen LogP contribution in [0.5, 0.6) is 5.75 Å². The monoisotopic (exact) mass is 337 g/mol. The largest absolute Gasteiger partial charge is 0.484 e. The van der Waals surface area contributed by atoms with Crippen molar-refractivity contribution >= 4 is 17.5 Å². The summed E-state index contributed by atoms with van der Waals surface area (Å²) in [5.74, 6) is -0.0361. The van der Waals surface area contributed by atoms with Gasteiger partial charge in [0.25, 0.3) is 11.8 Å². The molecule has 3 rings (SSSR count). The Kier molecular flexibility index (Phi) is 4.70. The molecule has 0 fully saturated rings. The van der Waals surface area contributed by atoms with Gasteiger partial charge in [-0.15, -0.1) is 6.58 Å². The van der Waals surface area contributed by atoms with Crippen molar-refractivity contribution in [1.29, 1.82) is 0 Å². The summed E-state index contributed by atoms with van der Waals surface area (Å²) in [5.41, 5.74) is 7.41. The van der Waals surface area contributed by atoms with E-state index in [2.05, 4.69) is 11.9 Å². The minimum atomic E-state index is -0.530. The fourth-order valence-corrected chi connectivity index (χ4v) is 2.78. The van der Waals surface area contributed by atoms with Crippen LogP contribution in [0.2, 0.25) is 0 Å². The van der Waals surface area contributed by atoms with Gasteiger partial charge in [-0.25, -0.2) is 0 Å². The van der Waals surface area contributed by atoms with Crippen LogP contribution in [0.4, 0.5) is 5.69 Å². The zero-order chi connectivity index (χ0) is 17.8. The topological polar surface area (TPSA) is 84.7 Å². The third-order valence-electron chi connectivity index (χ3n) is 3.92. The number of ether oxygens (including phenoxy) is 1. The molecule has 6 nitrogen and oxygen atoms in total. The molecule has 0 aliphatic carbocycles. The predicted octanol–water partition coefficient (Wildman–Crippen LogP) is 2.30. The standard InChI is InChI=1S/C19H19N3O3/c1-2-11-22-18(21-16-6-4-3-5-15(16)19(22)24)13-7-9-14(10-8-13)25-12-17(20)23/h2-10,18,21H,1,11-12H2,(H2,20,23). The number of rotatable bonds is 6. The molecule has 3 N–H and O–H groups in total. The summed E-state index contributed by atoms with van der Waals surface area (Å²) in [7, 11) is 0. The maximum atomic E-state index is 12.8. The maximum Gasteiger partial charge on any atom is 0.258 e. The van der Waals surface area contributed by atoms with Gasteiger partial charge in [0.2, 0.25) is 0 Å². The second kappa shape index (κ2) is 7.09. The van der Waals surface area contributed by atoms with Crippen LogP contribution in [-0.4, -0.2) is 29.9 Å². The van der Waals surface area contributed by atoms with Gasteiger partial charge in [-0.05, 0) is 29.8 Å². The number of nitrogens with two attached hydrogens (primary N) is 1. The van der Waals surface area contributed by atoms with Gasteiger partial charge in [0.1, 0.15) is 11.9 Å². The van der Waals surface area contributed by atoms with Crippen LogP contribution in [0.3, 0.4) is 0 Å². The molecule has 2 aromatic carbocycles. The van der Waals surface area contributed by atoms with Crippen molar-refractivity contribution in [3.05, 3.63) is 72.3 Å². The van der Waals surface area contributed by atoms with E-state index in [0.717, 1.165) is 11.3 Å². The summed E-state index contributed by atoms with van der Waals surface area (Å²) in [5, 5.41) is 3.39. The summed E-state index contributed by atoms with van der Waals surface area (Å²) >= 11 is 0. The highest BCUT2D eigenvalue weighted by Crippen LogP contribution is 2.33. The number of carbonyl (C=O) groups is 2.